The van der Waals surface area contributed by atoms with Crippen LogP contribution in [0.4, 0.5) is 11.4 Å². The zero-order chi connectivity index (χ0) is 20.8. The van der Waals surface area contributed by atoms with Gasteiger partial charge in [0.15, 0.2) is 0 Å². The maximum atomic E-state index is 12.7. The van der Waals surface area contributed by atoms with Crippen LogP contribution in [0.15, 0.2) is 48.5 Å². The van der Waals surface area contributed by atoms with Crippen LogP contribution < -0.4 is 15.4 Å². The van der Waals surface area contributed by atoms with Gasteiger partial charge < -0.3 is 15.4 Å². The molecule has 1 unspecified atom stereocenters. The van der Waals surface area contributed by atoms with Gasteiger partial charge in [0.25, 0.3) is 0 Å². The number of anilines is 2. The minimum Gasteiger partial charge on any atom is -0.497 e. The fourth-order valence-corrected chi connectivity index (χ4v) is 3.45. The Hall–Kier alpha value is -2.86. The molecule has 1 atom stereocenters. The second-order valence-electron chi connectivity index (χ2n) is 7.64. The zero-order valence-electron chi connectivity index (χ0n) is 17.3. The van der Waals surface area contributed by atoms with Crippen molar-refractivity contribution in [2.75, 3.05) is 24.3 Å². The number of nitrogens with zero attached hydrogens (tertiary/aromatic N) is 1. The molecule has 3 rings (SSSR count). The van der Waals surface area contributed by atoms with Crippen molar-refractivity contribution in [3.63, 3.8) is 0 Å². The standard InChI is InChI=1S/C23H29N3O3/c1-16(19-9-10-19)26(14-18-7-11-22(29-3)12-8-18)15-23(28)25-21-6-4-5-20(13-21)24-17(2)27/h4-8,11-13,16,19H,9-10,14-15H2,1-3H3,(H,24,27)(H,25,28). The first kappa shape index (κ1) is 20.9. The molecule has 0 heterocycles. The van der Waals surface area contributed by atoms with E-state index in [-0.39, 0.29) is 11.8 Å². The van der Waals surface area contributed by atoms with Crippen molar-refractivity contribution >= 4 is 23.2 Å². The minimum absolute atomic E-state index is 0.0639. The zero-order valence-corrected chi connectivity index (χ0v) is 17.3. The third-order valence-corrected chi connectivity index (χ3v) is 5.24. The van der Waals surface area contributed by atoms with E-state index in [1.54, 1.807) is 19.2 Å². The van der Waals surface area contributed by atoms with Gasteiger partial charge in [0.2, 0.25) is 11.8 Å². The lowest BCUT2D eigenvalue weighted by molar-refractivity contribution is -0.118. The number of benzene rings is 2. The monoisotopic (exact) mass is 395 g/mol. The summed E-state index contributed by atoms with van der Waals surface area (Å²) in [7, 11) is 1.65. The molecule has 1 aliphatic carbocycles. The summed E-state index contributed by atoms with van der Waals surface area (Å²) in [5, 5.41) is 5.68. The molecule has 0 bridgehead atoms. The number of methoxy groups -OCH3 is 1. The number of hydrogen-bond acceptors (Lipinski definition) is 4. The van der Waals surface area contributed by atoms with Gasteiger partial charge in [-0.15, -0.1) is 0 Å². The molecule has 2 aromatic rings. The molecule has 2 amide bonds. The molecule has 1 fully saturated rings. The molecule has 0 spiro atoms. The summed E-state index contributed by atoms with van der Waals surface area (Å²) in [6, 6.07) is 15.5. The lowest BCUT2D eigenvalue weighted by atomic mass is 10.1. The number of nitrogens with one attached hydrogen (secondary N) is 2. The van der Waals surface area contributed by atoms with E-state index >= 15 is 0 Å². The summed E-state index contributed by atoms with van der Waals surface area (Å²) in [6.07, 6.45) is 2.45. The molecular weight excluding hydrogens is 366 g/mol. The normalized spacial score (nSPS) is 14.3. The Morgan fingerprint density at radius 1 is 1.10 bits per heavy atom. The van der Waals surface area contributed by atoms with Gasteiger partial charge in [0, 0.05) is 30.9 Å². The number of amides is 2. The van der Waals surface area contributed by atoms with Crippen molar-refractivity contribution in [1.82, 2.24) is 4.90 Å². The van der Waals surface area contributed by atoms with Gasteiger partial charge in [-0.25, -0.2) is 0 Å². The SMILES string of the molecule is COc1ccc(CN(CC(=O)Nc2cccc(NC(C)=O)c2)C(C)C2CC2)cc1. The van der Waals surface area contributed by atoms with Crippen molar-refractivity contribution in [3.05, 3.63) is 54.1 Å². The smallest absolute Gasteiger partial charge is 0.238 e. The lowest BCUT2D eigenvalue weighted by Crippen LogP contribution is -2.40. The van der Waals surface area contributed by atoms with E-state index in [0.717, 1.165) is 11.3 Å². The molecule has 0 radical (unpaired) electrons. The summed E-state index contributed by atoms with van der Waals surface area (Å²) in [6.45, 7) is 4.68. The molecule has 6 heteroatoms. The molecule has 154 valence electrons. The van der Waals surface area contributed by atoms with Crippen LogP contribution in [-0.2, 0) is 16.1 Å². The molecule has 29 heavy (non-hydrogen) atoms. The summed E-state index contributed by atoms with van der Waals surface area (Å²) in [4.78, 5) is 26.2. The van der Waals surface area contributed by atoms with Crippen molar-refractivity contribution in [1.29, 1.82) is 0 Å². The second kappa shape index (κ2) is 9.56. The molecule has 6 nitrogen and oxygen atoms in total. The average molecular weight is 396 g/mol. The molecule has 1 saturated carbocycles. The first-order chi connectivity index (χ1) is 13.9. The van der Waals surface area contributed by atoms with E-state index in [2.05, 4.69) is 22.5 Å². The first-order valence-electron chi connectivity index (χ1n) is 9.99. The second-order valence-corrected chi connectivity index (χ2v) is 7.64. The topological polar surface area (TPSA) is 70.7 Å². The fraction of sp³-hybridized carbons (Fsp3) is 0.391. The van der Waals surface area contributed by atoms with Crippen LogP contribution in [0.1, 0.15) is 32.3 Å². The van der Waals surface area contributed by atoms with Crippen molar-refractivity contribution in [2.45, 2.75) is 39.3 Å². The predicted octanol–water partition coefficient (Wildman–Crippen LogP) is 3.89. The Morgan fingerprint density at radius 3 is 2.34 bits per heavy atom. The van der Waals surface area contributed by atoms with Crippen molar-refractivity contribution in [2.24, 2.45) is 5.92 Å². The maximum Gasteiger partial charge on any atom is 0.238 e. The Bertz CT molecular complexity index is 847. The molecule has 2 N–H and O–H groups in total. The van der Waals surface area contributed by atoms with Crippen LogP contribution in [0.3, 0.4) is 0 Å². The van der Waals surface area contributed by atoms with Crippen molar-refractivity contribution in [3.8, 4) is 5.75 Å². The number of carbonyl (C=O) groups excluding carboxylic acids is 2. The van der Waals surface area contributed by atoms with E-state index in [4.69, 9.17) is 4.74 Å². The third kappa shape index (κ3) is 6.32. The Balaban J connectivity index is 1.65. The Labute approximate surface area is 172 Å². The summed E-state index contributed by atoms with van der Waals surface area (Å²) in [5.41, 5.74) is 2.49. The molecule has 0 saturated heterocycles. The Morgan fingerprint density at radius 2 is 1.76 bits per heavy atom. The van der Waals surface area contributed by atoms with Gasteiger partial charge in [0.05, 0.1) is 13.7 Å². The van der Waals surface area contributed by atoms with Crippen LogP contribution >= 0.6 is 0 Å². The summed E-state index contributed by atoms with van der Waals surface area (Å²) in [5.74, 6) is 1.28. The molecule has 0 aromatic heterocycles. The largest absolute Gasteiger partial charge is 0.497 e. The number of rotatable bonds is 9. The van der Waals surface area contributed by atoms with Gasteiger partial charge in [-0.1, -0.05) is 18.2 Å². The van der Waals surface area contributed by atoms with E-state index in [9.17, 15) is 9.59 Å². The molecule has 2 aromatic carbocycles. The van der Waals surface area contributed by atoms with Crippen LogP contribution in [-0.4, -0.2) is 36.4 Å². The van der Waals surface area contributed by atoms with E-state index < -0.39 is 0 Å². The highest BCUT2D eigenvalue weighted by atomic mass is 16.5. The van der Waals surface area contributed by atoms with Crippen LogP contribution in [0.2, 0.25) is 0 Å². The minimum atomic E-state index is -0.141. The molecule has 1 aliphatic rings. The van der Waals surface area contributed by atoms with E-state index in [0.29, 0.717) is 36.4 Å². The maximum absolute atomic E-state index is 12.7. The summed E-state index contributed by atoms with van der Waals surface area (Å²) < 4.78 is 5.23. The summed E-state index contributed by atoms with van der Waals surface area (Å²) >= 11 is 0. The van der Waals surface area contributed by atoms with Gasteiger partial charge in [-0.05, 0) is 61.6 Å². The van der Waals surface area contributed by atoms with Gasteiger partial charge in [-0.2, -0.15) is 0 Å². The highest BCUT2D eigenvalue weighted by molar-refractivity contribution is 5.94. The van der Waals surface area contributed by atoms with Gasteiger partial charge in [0.1, 0.15) is 5.75 Å². The first-order valence-corrected chi connectivity index (χ1v) is 9.99. The van der Waals surface area contributed by atoms with Gasteiger partial charge in [-0.3, -0.25) is 14.5 Å². The number of ether oxygens (including phenoxy) is 1. The van der Waals surface area contributed by atoms with Crippen LogP contribution in [0.25, 0.3) is 0 Å². The molecule has 0 aliphatic heterocycles. The van der Waals surface area contributed by atoms with Crippen LogP contribution in [0, 0.1) is 5.92 Å². The molecular formula is C23H29N3O3. The Kier molecular flexibility index (Phi) is 6.88. The predicted molar refractivity (Wildman–Crippen MR) is 115 cm³/mol. The van der Waals surface area contributed by atoms with Crippen LogP contribution in [0.5, 0.6) is 5.75 Å². The van der Waals surface area contributed by atoms with E-state index in [1.165, 1.54) is 19.8 Å². The van der Waals surface area contributed by atoms with Gasteiger partial charge >= 0.3 is 0 Å². The highest BCUT2D eigenvalue weighted by Crippen LogP contribution is 2.35. The van der Waals surface area contributed by atoms with Crippen molar-refractivity contribution < 1.29 is 14.3 Å². The fourth-order valence-electron chi connectivity index (χ4n) is 3.45. The lowest BCUT2D eigenvalue weighted by Gasteiger charge is -2.29. The number of carbonyl (C=O) groups is 2. The quantitative estimate of drug-likeness (QED) is 0.676. The number of hydrogen-bond donors (Lipinski definition) is 2. The average Bonchev–Trinajstić information content (AvgIpc) is 3.52. The van der Waals surface area contributed by atoms with E-state index in [1.807, 2.05) is 36.4 Å². The third-order valence-electron chi connectivity index (χ3n) is 5.24. The highest BCUT2D eigenvalue weighted by Gasteiger charge is 2.32.